The second kappa shape index (κ2) is 7.21. The summed E-state index contributed by atoms with van der Waals surface area (Å²) in [4.78, 5) is 0. The summed E-state index contributed by atoms with van der Waals surface area (Å²) in [6.45, 7) is 9.96. The Morgan fingerprint density at radius 2 is 1.68 bits per heavy atom. The molecule has 2 aromatic rings. The molecule has 0 bridgehead atoms. The molecular weight excluding hydrogens is 347 g/mol. The Kier molecular flexibility index (Phi) is 5.16. The molecule has 28 heavy (non-hydrogen) atoms. The molecule has 0 radical (unpaired) electrons. The average Bonchev–Trinajstić information content (AvgIpc) is 3.35. The van der Waals surface area contributed by atoms with E-state index < -0.39 is 8.07 Å². The van der Waals surface area contributed by atoms with Crippen LogP contribution in [0.15, 0.2) is 48.6 Å². The molecule has 0 heterocycles. The van der Waals surface area contributed by atoms with Crippen molar-refractivity contribution in [3.8, 4) is 0 Å². The molecule has 2 heteroatoms. The van der Waals surface area contributed by atoms with E-state index in [4.69, 9.17) is 0 Å². The molecule has 140 valence electrons. The molecule has 0 N–H and O–H groups in total. The fourth-order valence-corrected chi connectivity index (χ4v) is 9.41. The molecule has 3 aliphatic carbocycles. The van der Waals surface area contributed by atoms with Gasteiger partial charge in [-0.25, -0.2) is 0 Å². The second-order valence-electron chi connectivity index (χ2n) is 9.60. The predicted octanol–water partition coefficient (Wildman–Crippen LogP) is 4.03. The van der Waals surface area contributed by atoms with Gasteiger partial charge in [-0.1, -0.05) is 81.6 Å². The van der Waals surface area contributed by atoms with Gasteiger partial charge in [0.15, 0.2) is 0 Å². The van der Waals surface area contributed by atoms with E-state index in [1.807, 2.05) is 0 Å². The van der Waals surface area contributed by atoms with Crippen molar-refractivity contribution in [2.24, 2.45) is 5.92 Å². The van der Waals surface area contributed by atoms with Crippen molar-refractivity contribution in [1.82, 2.24) is 0 Å². The van der Waals surface area contributed by atoms with Crippen molar-refractivity contribution in [3.63, 3.8) is 0 Å². The van der Waals surface area contributed by atoms with Crippen LogP contribution >= 0.6 is 0 Å². The van der Waals surface area contributed by atoms with E-state index in [1.54, 1.807) is 33.4 Å². The largest absolute Gasteiger partial charge is 1.00 e. The van der Waals surface area contributed by atoms with Gasteiger partial charge < -0.3 is 1.43 Å². The fourth-order valence-electron chi connectivity index (χ4n) is 5.72. The van der Waals surface area contributed by atoms with Gasteiger partial charge in [-0.15, -0.1) is 0 Å². The van der Waals surface area contributed by atoms with E-state index in [9.17, 15) is 0 Å². The molecular formula is C26H31LiSi. The Morgan fingerprint density at radius 1 is 0.964 bits per heavy atom. The summed E-state index contributed by atoms with van der Waals surface area (Å²) >= 11 is 0. The van der Waals surface area contributed by atoms with Gasteiger partial charge in [-0.05, 0) is 75.2 Å². The zero-order chi connectivity index (χ0) is 18.8. The molecule has 0 fully saturated rings. The van der Waals surface area contributed by atoms with Gasteiger partial charge in [-0.2, -0.15) is 0 Å². The minimum Gasteiger partial charge on any atom is -1.00 e. The van der Waals surface area contributed by atoms with E-state index in [0.717, 1.165) is 0 Å². The van der Waals surface area contributed by atoms with Gasteiger partial charge in [0.05, 0.1) is 8.07 Å². The van der Waals surface area contributed by atoms with Gasteiger partial charge in [0.1, 0.15) is 0 Å². The van der Waals surface area contributed by atoms with Crippen molar-refractivity contribution in [2.45, 2.75) is 57.3 Å². The summed E-state index contributed by atoms with van der Waals surface area (Å²) in [6, 6.07) is 14.2. The van der Waals surface area contributed by atoms with Crippen molar-refractivity contribution in [2.75, 3.05) is 0 Å². The summed E-state index contributed by atoms with van der Waals surface area (Å²) in [5, 5.41) is 0. The van der Waals surface area contributed by atoms with Crippen LogP contribution in [0.25, 0.3) is 11.6 Å². The molecule has 0 saturated carbocycles. The minimum absolute atomic E-state index is 0. The third-order valence-electron chi connectivity index (χ3n) is 7.28. The Hall–Kier alpha value is -1.27. The molecule has 0 nitrogen and oxygen atoms in total. The molecule has 2 unspecified atom stereocenters. The Balaban J connectivity index is 0.00000120. The monoisotopic (exact) mass is 378 g/mol. The molecule has 5 rings (SSSR count). The van der Waals surface area contributed by atoms with Crippen molar-refractivity contribution >= 4 is 19.7 Å². The quantitative estimate of drug-likeness (QED) is 0.708. The van der Waals surface area contributed by atoms with Gasteiger partial charge in [0, 0.05) is 0 Å². The molecule has 3 aliphatic rings. The van der Waals surface area contributed by atoms with Gasteiger partial charge in [0.2, 0.25) is 0 Å². The molecule has 2 aromatic carbocycles. The number of hydrogen-bond acceptors (Lipinski definition) is 0. The number of benzene rings is 2. The standard InChI is InChI=1S/C26H30Si.Li.H/c1-17(2)22-16-26(24-15-20-10-7-9-19(20)14-23(22)24)27(3,4)25-13-12-18-8-5-6-11-21(18)25;;/h5-6,8,11-17,25-26H,7,9-10H2,1-4H3;;/q;+1;-1. The number of hydrogen-bond donors (Lipinski definition) is 0. The van der Waals surface area contributed by atoms with Crippen LogP contribution in [0.5, 0.6) is 0 Å². The predicted molar refractivity (Wildman–Crippen MR) is 121 cm³/mol. The van der Waals surface area contributed by atoms with Crippen LogP contribution in [0.3, 0.4) is 0 Å². The molecule has 0 aliphatic heterocycles. The van der Waals surface area contributed by atoms with Crippen LogP contribution in [0.2, 0.25) is 13.1 Å². The summed E-state index contributed by atoms with van der Waals surface area (Å²) in [5.41, 5.74) is 12.3. The normalized spacial score (nSPS) is 22.0. The van der Waals surface area contributed by atoms with Gasteiger partial charge in [0.25, 0.3) is 0 Å². The summed E-state index contributed by atoms with van der Waals surface area (Å²) in [6.07, 6.45) is 11.4. The van der Waals surface area contributed by atoms with Crippen molar-refractivity contribution in [1.29, 1.82) is 0 Å². The Morgan fingerprint density at radius 3 is 2.43 bits per heavy atom. The summed E-state index contributed by atoms with van der Waals surface area (Å²) < 4.78 is 0. The number of fused-ring (bicyclic) bond motifs is 3. The first-order chi connectivity index (χ1) is 13.0. The van der Waals surface area contributed by atoms with Gasteiger partial charge in [-0.3, -0.25) is 0 Å². The second-order valence-corrected chi connectivity index (χ2v) is 14.5. The van der Waals surface area contributed by atoms with E-state index in [-0.39, 0.29) is 20.3 Å². The maximum absolute atomic E-state index is 2.67. The third kappa shape index (κ3) is 2.95. The maximum atomic E-state index is 2.67. The van der Waals surface area contributed by atoms with E-state index in [0.29, 0.717) is 17.0 Å². The number of allylic oxidation sites excluding steroid dienone is 3. The van der Waals surface area contributed by atoms with Crippen LogP contribution in [-0.4, -0.2) is 8.07 Å². The maximum Gasteiger partial charge on any atom is 1.00 e. The smallest absolute Gasteiger partial charge is 1.00 e. The third-order valence-corrected chi connectivity index (χ3v) is 11.5. The summed E-state index contributed by atoms with van der Waals surface area (Å²) in [7, 11) is -1.62. The first-order valence-electron chi connectivity index (χ1n) is 10.6. The molecule has 0 aromatic heterocycles. The van der Waals surface area contributed by atoms with Crippen LogP contribution in [0.1, 0.15) is 66.2 Å². The number of rotatable bonds is 3. The van der Waals surface area contributed by atoms with Crippen molar-refractivity contribution in [3.05, 3.63) is 81.9 Å². The fraction of sp³-hybridized carbons (Fsp3) is 0.385. The topological polar surface area (TPSA) is 0 Å². The number of aryl methyl sites for hydroxylation is 2. The van der Waals surface area contributed by atoms with Crippen LogP contribution < -0.4 is 18.9 Å². The van der Waals surface area contributed by atoms with Crippen LogP contribution in [0.4, 0.5) is 0 Å². The molecule has 0 spiro atoms. The van der Waals surface area contributed by atoms with Crippen LogP contribution in [0, 0.1) is 5.92 Å². The van der Waals surface area contributed by atoms with E-state index in [2.05, 4.69) is 81.6 Å². The average molecular weight is 379 g/mol. The SMILES string of the molecule is CC(C)C1=CC([Si](C)(C)C2C=Cc3ccccc32)c2cc3c(cc21)CCC3.[H-].[Li+]. The van der Waals surface area contributed by atoms with Gasteiger partial charge >= 0.3 is 18.9 Å². The first-order valence-corrected chi connectivity index (χ1v) is 13.8. The Labute approximate surface area is 184 Å². The molecule has 2 atom stereocenters. The van der Waals surface area contributed by atoms with Crippen LogP contribution in [-0.2, 0) is 12.8 Å². The summed E-state index contributed by atoms with van der Waals surface area (Å²) in [5.74, 6) is 0.601. The van der Waals surface area contributed by atoms with E-state index >= 15 is 0 Å². The Bertz CT molecular complexity index is 986. The zero-order valence-electron chi connectivity index (χ0n) is 19.0. The van der Waals surface area contributed by atoms with Crippen molar-refractivity contribution < 1.29 is 20.3 Å². The molecule has 0 amide bonds. The zero-order valence-corrected chi connectivity index (χ0v) is 19.0. The van der Waals surface area contributed by atoms with E-state index in [1.165, 1.54) is 24.8 Å². The first kappa shape index (κ1) is 20.0. The minimum atomic E-state index is -1.62. The molecule has 0 saturated heterocycles.